The van der Waals surface area contributed by atoms with Crippen LogP contribution in [0.1, 0.15) is 29.7 Å². The molecule has 0 bridgehead atoms. The first-order valence-electron chi connectivity index (χ1n) is 6.27. The van der Waals surface area contributed by atoms with Gasteiger partial charge in [-0.05, 0) is 56.2 Å². The second-order valence-corrected chi connectivity index (χ2v) is 5.96. The molecular weight excluding hydrogens is 257 g/mol. The van der Waals surface area contributed by atoms with Gasteiger partial charge >= 0.3 is 0 Å². The molecule has 0 aliphatic rings. The standard InChI is InChI=1S/C16H18FNS/c1-10-4-6-13(7-5-10)19-16-8-11(2)15(17)9-14(16)12(3)18/h4-9,12H,18H2,1-3H3/t12-/m0/s1. The van der Waals surface area contributed by atoms with E-state index < -0.39 is 0 Å². The van der Waals surface area contributed by atoms with Crippen molar-refractivity contribution in [2.45, 2.75) is 36.6 Å². The third-order valence-corrected chi connectivity index (χ3v) is 4.11. The van der Waals surface area contributed by atoms with E-state index in [2.05, 4.69) is 31.2 Å². The molecule has 0 aliphatic carbocycles. The molecule has 19 heavy (non-hydrogen) atoms. The van der Waals surface area contributed by atoms with Gasteiger partial charge in [-0.25, -0.2) is 4.39 Å². The first-order chi connectivity index (χ1) is 8.97. The summed E-state index contributed by atoms with van der Waals surface area (Å²) in [5, 5.41) is 0. The Labute approximate surface area is 118 Å². The number of nitrogens with two attached hydrogens (primary N) is 1. The summed E-state index contributed by atoms with van der Waals surface area (Å²) in [5.41, 5.74) is 8.67. The maximum absolute atomic E-state index is 13.6. The van der Waals surface area contributed by atoms with Crippen LogP contribution in [0.5, 0.6) is 0 Å². The van der Waals surface area contributed by atoms with Gasteiger partial charge in [0.1, 0.15) is 5.82 Å². The average molecular weight is 275 g/mol. The minimum absolute atomic E-state index is 0.178. The van der Waals surface area contributed by atoms with E-state index in [4.69, 9.17) is 5.73 Å². The van der Waals surface area contributed by atoms with Crippen LogP contribution in [0.25, 0.3) is 0 Å². The number of benzene rings is 2. The summed E-state index contributed by atoms with van der Waals surface area (Å²) >= 11 is 1.63. The molecule has 1 nitrogen and oxygen atoms in total. The van der Waals surface area contributed by atoms with Gasteiger partial charge in [-0.2, -0.15) is 0 Å². The van der Waals surface area contributed by atoms with Crippen molar-refractivity contribution in [3.05, 3.63) is 58.9 Å². The molecule has 0 saturated heterocycles. The minimum Gasteiger partial charge on any atom is -0.324 e. The number of hydrogen-bond donors (Lipinski definition) is 1. The molecule has 0 unspecified atom stereocenters. The highest BCUT2D eigenvalue weighted by atomic mass is 32.2. The SMILES string of the molecule is Cc1ccc(Sc2cc(C)c(F)cc2[C@H](C)N)cc1. The summed E-state index contributed by atoms with van der Waals surface area (Å²) < 4.78 is 13.6. The Morgan fingerprint density at radius 3 is 2.32 bits per heavy atom. The molecule has 2 aromatic rings. The van der Waals surface area contributed by atoms with Crippen molar-refractivity contribution in [1.82, 2.24) is 0 Å². The minimum atomic E-state index is -0.194. The summed E-state index contributed by atoms with van der Waals surface area (Å²) in [5.74, 6) is -0.194. The Bertz CT molecular complexity index is 576. The Morgan fingerprint density at radius 2 is 1.74 bits per heavy atom. The predicted molar refractivity (Wildman–Crippen MR) is 79.0 cm³/mol. The van der Waals surface area contributed by atoms with Crippen LogP contribution in [0.2, 0.25) is 0 Å². The van der Waals surface area contributed by atoms with E-state index in [1.807, 2.05) is 13.0 Å². The van der Waals surface area contributed by atoms with E-state index in [1.54, 1.807) is 24.8 Å². The van der Waals surface area contributed by atoms with Gasteiger partial charge in [0.2, 0.25) is 0 Å². The summed E-state index contributed by atoms with van der Waals surface area (Å²) in [6, 6.07) is 11.5. The molecular formula is C16H18FNS. The summed E-state index contributed by atoms with van der Waals surface area (Å²) in [6.45, 7) is 5.71. The Kier molecular flexibility index (Phi) is 4.27. The average Bonchev–Trinajstić information content (AvgIpc) is 2.36. The van der Waals surface area contributed by atoms with Crippen molar-refractivity contribution in [1.29, 1.82) is 0 Å². The molecule has 100 valence electrons. The van der Waals surface area contributed by atoms with Gasteiger partial charge in [-0.15, -0.1) is 0 Å². The second kappa shape index (κ2) is 5.76. The smallest absolute Gasteiger partial charge is 0.126 e. The molecule has 2 aromatic carbocycles. The topological polar surface area (TPSA) is 26.0 Å². The maximum Gasteiger partial charge on any atom is 0.126 e. The molecule has 2 rings (SSSR count). The van der Waals surface area contributed by atoms with Crippen molar-refractivity contribution in [3.63, 3.8) is 0 Å². The van der Waals surface area contributed by atoms with Gasteiger partial charge in [0.05, 0.1) is 0 Å². The molecule has 0 spiro atoms. The zero-order chi connectivity index (χ0) is 14.0. The lowest BCUT2D eigenvalue weighted by atomic mass is 10.1. The van der Waals surface area contributed by atoms with Crippen LogP contribution >= 0.6 is 11.8 Å². The third kappa shape index (κ3) is 3.37. The third-order valence-electron chi connectivity index (χ3n) is 3.03. The predicted octanol–water partition coefficient (Wildman–Crippen LogP) is 4.61. The first-order valence-corrected chi connectivity index (χ1v) is 7.09. The van der Waals surface area contributed by atoms with Gasteiger partial charge in [0.25, 0.3) is 0 Å². The molecule has 0 aliphatic heterocycles. The molecule has 0 heterocycles. The van der Waals surface area contributed by atoms with E-state index in [1.165, 1.54) is 5.56 Å². The van der Waals surface area contributed by atoms with Crippen LogP contribution in [0, 0.1) is 19.7 Å². The molecule has 0 aromatic heterocycles. The fourth-order valence-corrected chi connectivity index (χ4v) is 2.97. The highest BCUT2D eigenvalue weighted by molar-refractivity contribution is 7.99. The monoisotopic (exact) mass is 275 g/mol. The van der Waals surface area contributed by atoms with Crippen molar-refractivity contribution >= 4 is 11.8 Å². The second-order valence-electron chi connectivity index (χ2n) is 4.84. The number of halogens is 1. The Balaban J connectivity index is 2.38. The van der Waals surface area contributed by atoms with Gasteiger partial charge in [-0.1, -0.05) is 29.5 Å². The molecule has 0 fully saturated rings. The van der Waals surface area contributed by atoms with Gasteiger partial charge in [0, 0.05) is 15.8 Å². The molecule has 0 saturated carbocycles. The fourth-order valence-electron chi connectivity index (χ4n) is 1.85. The molecule has 2 N–H and O–H groups in total. The summed E-state index contributed by atoms with van der Waals surface area (Å²) in [4.78, 5) is 2.16. The van der Waals surface area contributed by atoms with Crippen LogP contribution < -0.4 is 5.73 Å². The van der Waals surface area contributed by atoms with E-state index in [0.29, 0.717) is 5.56 Å². The van der Waals surface area contributed by atoms with Crippen LogP contribution in [-0.4, -0.2) is 0 Å². The quantitative estimate of drug-likeness (QED) is 0.885. The zero-order valence-electron chi connectivity index (χ0n) is 11.4. The normalized spacial score (nSPS) is 12.5. The van der Waals surface area contributed by atoms with Crippen molar-refractivity contribution < 1.29 is 4.39 Å². The van der Waals surface area contributed by atoms with Crippen molar-refractivity contribution in [2.24, 2.45) is 5.73 Å². The fraction of sp³-hybridized carbons (Fsp3) is 0.250. The first kappa shape index (κ1) is 14.1. The van der Waals surface area contributed by atoms with Crippen LogP contribution in [-0.2, 0) is 0 Å². The Morgan fingerprint density at radius 1 is 1.11 bits per heavy atom. The van der Waals surface area contributed by atoms with Crippen LogP contribution in [0.3, 0.4) is 0 Å². The molecule has 0 amide bonds. The molecule has 0 radical (unpaired) electrons. The number of hydrogen-bond acceptors (Lipinski definition) is 2. The van der Waals surface area contributed by atoms with E-state index >= 15 is 0 Å². The van der Waals surface area contributed by atoms with E-state index in [-0.39, 0.29) is 11.9 Å². The lowest BCUT2D eigenvalue weighted by molar-refractivity contribution is 0.610. The highest BCUT2D eigenvalue weighted by Gasteiger charge is 2.12. The lowest BCUT2D eigenvalue weighted by Gasteiger charge is -2.14. The largest absolute Gasteiger partial charge is 0.324 e. The summed E-state index contributed by atoms with van der Waals surface area (Å²) in [6.07, 6.45) is 0. The van der Waals surface area contributed by atoms with E-state index in [9.17, 15) is 4.39 Å². The lowest BCUT2D eigenvalue weighted by Crippen LogP contribution is -2.07. The maximum atomic E-state index is 13.6. The van der Waals surface area contributed by atoms with Crippen LogP contribution in [0.4, 0.5) is 4.39 Å². The number of aryl methyl sites for hydroxylation is 2. The van der Waals surface area contributed by atoms with Crippen molar-refractivity contribution in [3.8, 4) is 0 Å². The molecule has 3 heteroatoms. The Hall–Kier alpha value is -1.32. The van der Waals surface area contributed by atoms with Gasteiger partial charge in [-0.3, -0.25) is 0 Å². The van der Waals surface area contributed by atoms with Crippen LogP contribution in [0.15, 0.2) is 46.2 Å². The summed E-state index contributed by atoms with van der Waals surface area (Å²) in [7, 11) is 0. The molecule has 1 atom stereocenters. The highest BCUT2D eigenvalue weighted by Crippen LogP contribution is 2.34. The van der Waals surface area contributed by atoms with Gasteiger partial charge < -0.3 is 5.73 Å². The van der Waals surface area contributed by atoms with Crippen molar-refractivity contribution in [2.75, 3.05) is 0 Å². The van der Waals surface area contributed by atoms with E-state index in [0.717, 1.165) is 15.4 Å². The van der Waals surface area contributed by atoms with Gasteiger partial charge in [0.15, 0.2) is 0 Å². The zero-order valence-corrected chi connectivity index (χ0v) is 12.2. The number of rotatable bonds is 3.